The highest BCUT2D eigenvalue weighted by Gasteiger charge is 2.78. The van der Waals surface area contributed by atoms with Crippen LogP contribution < -0.4 is 0 Å². The van der Waals surface area contributed by atoms with Gasteiger partial charge in [-0.3, -0.25) is 0 Å². The molecule has 1 aromatic carbocycles. The minimum absolute atomic E-state index is 0.115. The zero-order valence-electron chi connectivity index (χ0n) is 28.9. The average molecular weight is 609 g/mol. The van der Waals surface area contributed by atoms with Crippen molar-refractivity contribution in [1.82, 2.24) is 0 Å². The molecule has 2 heterocycles. The molecule has 3 aliphatic carbocycles. The van der Waals surface area contributed by atoms with E-state index < -0.39 is 16.6 Å². The van der Waals surface area contributed by atoms with Crippen LogP contribution in [0.3, 0.4) is 0 Å². The second kappa shape index (κ2) is 9.64. The van der Waals surface area contributed by atoms with Gasteiger partial charge in [0.15, 0.2) is 16.6 Å². The maximum atomic E-state index is 8.00. The highest BCUT2D eigenvalue weighted by Crippen LogP contribution is 2.75. The average Bonchev–Trinajstić information content (AvgIpc) is 3.50. The lowest BCUT2D eigenvalue weighted by atomic mass is 9.60. The molecule has 234 valence electrons. The largest absolute Gasteiger partial charge is 0.414 e. The third kappa shape index (κ3) is 4.65. The molecule has 2 aliphatic heterocycles. The fourth-order valence-corrected chi connectivity index (χ4v) is 12.0. The summed E-state index contributed by atoms with van der Waals surface area (Å²) in [6.07, 6.45) is 8.52. The van der Waals surface area contributed by atoms with E-state index in [0.717, 1.165) is 24.7 Å². The van der Waals surface area contributed by atoms with E-state index in [-0.39, 0.29) is 26.9 Å². The maximum absolute atomic E-state index is 8.00. The Kier molecular flexibility index (Phi) is 7.18. The fourth-order valence-electron chi connectivity index (χ4n) is 9.44. The van der Waals surface area contributed by atoms with Gasteiger partial charge in [-0.15, -0.1) is 0 Å². The van der Waals surface area contributed by atoms with Gasteiger partial charge in [-0.25, -0.2) is 0 Å². The SMILES string of the molecule is C[C@@H]1C[C@H]2[C@]34O[C@@](CO[Si](C)(C)C(C)(C)C)(C[C@H]3[C@H]3C[C@H]3C[C@H]4C)C[C@]2(O[Si](C)(C)C(C)(C)C)/C1=C/c1ccccc1. The summed E-state index contributed by atoms with van der Waals surface area (Å²) in [6.45, 7) is 29.8. The first kappa shape index (κ1) is 31.3. The zero-order valence-corrected chi connectivity index (χ0v) is 30.9. The number of ether oxygens (including phenoxy) is 1. The van der Waals surface area contributed by atoms with Crippen molar-refractivity contribution in [3.63, 3.8) is 0 Å². The van der Waals surface area contributed by atoms with Crippen LogP contribution >= 0.6 is 0 Å². The normalized spacial score (nSPS) is 42.3. The van der Waals surface area contributed by atoms with E-state index in [0.29, 0.717) is 30.3 Å². The van der Waals surface area contributed by atoms with E-state index in [1.165, 1.54) is 30.4 Å². The van der Waals surface area contributed by atoms with Gasteiger partial charge >= 0.3 is 0 Å². The molecule has 3 saturated carbocycles. The summed E-state index contributed by atoms with van der Waals surface area (Å²) in [4.78, 5) is 0. The van der Waals surface area contributed by atoms with Crippen LogP contribution in [0.15, 0.2) is 35.9 Å². The van der Waals surface area contributed by atoms with Crippen LogP contribution in [-0.2, 0) is 13.6 Å². The highest BCUT2D eigenvalue weighted by molar-refractivity contribution is 6.74. The molecule has 0 aromatic heterocycles. The second-order valence-corrected chi connectivity index (χ2v) is 28.0. The summed E-state index contributed by atoms with van der Waals surface area (Å²) in [5.74, 6) is 3.79. The van der Waals surface area contributed by atoms with Crippen molar-refractivity contribution in [3.8, 4) is 0 Å². The Morgan fingerprint density at radius 2 is 1.55 bits per heavy atom. The van der Waals surface area contributed by atoms with Crippen LogP contribution in [-0.4, -0.2) is 40.0 Å². The van der Waals surface area contributed by atoms with Gasteiger partial charge in [-0.2, -0.15) is 0 Å². The van der Waals surface area contributed by atoms with E-state index in [4.69, 9.17) is 13.6 Å². The smallest absolute Gasteiger partial charge is 0.193 e. The van der Waals surface area contributed by atoms with Crippen LogP contribution in [0.1, 0.15) is 93.1 Å². The summed E-state index contributed by atoms with van der Waals surface area (Å²) in [7, 11) is -4.11. The van der Waals surface area contributed by atoms with Crippen molar-refractivity contribution in [1.29, 1.82) is 0 Å². The molecular formula is C37H60O3Si2. The summed E-state index contributed by atoms with van der Waals surface area (Å²) in [6, 6.07) is 11.0. The lowest BCUT2D eigenvalue weighted by Crippen LogP contribution is -2.67. The first-order chi connectivity index (χ1) is 19.3. The van der Waals surface area contributed by atoms with Gasteiger partial charge in [-0.1, -0.05) is 91.8 Å². The van der Waals surface area contributed by atoms with Crippen molar-refractivity contribution in [2.45, 2.75) is 141 Å². The topological polar surface area (TPSA) is 27.7 Å². The molecule has 0 amide bonds. The van der Waals surface area contributed by atoms with Gasteiger partial charge < -0.3 is 13.6 Å². The van der Waals surface area contributed by atoms with Gasteiger partial charge in [0.25, 0.3) is 0 Å². The molecule has 0 radical (unpaired) electrons. The highest BCUT2D eigenvalue weighted by atomic mass is 28.4. The molecule has 5 heteroatoms. The number of rotatable bonds is 6. The molecule has 1 spiro atoms. The third-order valence-corrected chi connectivity index (χ3v) is 22.6. The summed E-state index contributed by atoms with van der Waals surface area (Å²) >= 11 is 0. The van der Waals surface area contributed by atoms with Gasteiger partial charge in [0.2, 0.25) is 0 Å². The first-order valence-electron chi connectivity index (χ1n) is 17.1. The summed E-state index contributed by atoms with van der Waals surface area (Å²) < 4.78 is 23.0. The van der Waals surface area contributed by atoms with Crippen LogP contribution in [0, 0.1) is 35.5 Å². The molecule has 0 unspecified atom stereocenters. The van der Waals surface area contributed by atoms with E-state index in [9.17, 15) is 0 Å². The Hall–Kier alpha value is -0.726. The Morgan fingerprint density at radius 1 is 0.905 bits per heavy atom. The van der Waals surface area contributed by atoms with Crippen molar-refractivity contribution < 1.29 is 13.6 Å². The van der Waals surface area contributed by atoms with Crippen molar-refractivity contribution in [2.75, 3.05) is 6.61 Å². The van der Waals surface area contributed by atoms with Crippen LogP contribution in [0.25, 0.3) is 6.08 Å². The minimum atomic E-state index is -2.15. The Morgan fingerprint density at radius 3 is 2.17 bits per heavy atom. The Bertz CT molecular complexity index is 1230. The lowest BCUT2D eigenvalue weighted by Gasteiger charge is -2.60. The molecule has 1 aromatic rings. The van der Waals surface area contributed by atoms with Crippen molar-refractivity contribution in [3.05, 3.63) is 41.5 Å². The summed E-state index contributed by atoms with van der Waals surface area (Å²) in [5, 5.41) is 0.309. The molecule has 2 saturated heterocycles. The molecule has 42 heavy (non-hydrogen) atoms. The molecule has 0 N–H and O–H groups in total. The first-order valence-corrected chi connectivity index (χ1v) is 22.9. The van der Waals surface area contributed by atoms with Gasteiger partial charge in [0.05, 0.1) is 23.4 Å². The number of fused-ring (bicyclic) bond motifs is 4. The van der Waals surface area contributed by atoms with Gasteiger partial charge in [-0.05, 0) is 103 Å². The van der Waals surface area contributed by atoms with Gasteiger partial charge in [0, 0.05) is 12.3 Å². The molecule has 3 nitrogen and oxygen atoms in total. The molecule has 6 rings (SSSR count). The number of benzene rings is 1. The quantitative estimate of drug-likeness (QED) is 0.301. The Labute approximate surface area is 259 Å². The zero-order chi connectivity index (χ0) is 30.7. The van der Waals surface area contributed by atoms with E-state index >= 15 is 0 Å². The molecular weight excluding hydrogens is 549 g/mol. The van der Waals surface area contributed by atoms with Crippen LogP contribution in [0.4, 0.5) is 0 Å². The second-order valence-electron chi connectivity index (χ2n) is 18.4. The van der Waals surface area contributed by atoms with E-state index in [2.05, 4.69) is 118 Å². The standard InChI is InChI=1S/C37H60O3Si2/c1-25-18-32-36(40-42(11,12)34(6,7)8,30(25)20-27-16-14-13-15-17-27)23-35(24-38-41(9,10)33(3,4)5)22-31-29-21-28(29)19-26(2)37(31,32)39-35/h13-17,20,25-26,28-29,31-32H,18-19,21-24H2,1-12H3/b30-20+/t25-,26-,28-,29+,31+,32-,35+,36+,37-/m1/s1. The molecule has 2 bridgehead atoms. The number of hydrogen-bond donors (Lipinski definition) is 0. The summed E-state index contributed by atoms with van der Waals surface area (Å²) in [5.41, 5.74) is 2.13. The van der Waals surface area contributed by atoms with E-state index in [1.54, 1.807) is 0 Å². The van der Waals surface area contributed by atoms with Crippen LogP contribution in [0.5, 0.6) is 0 Å². The molecule has 5 fully saturated rings. The van der Waals surface area contributed by atoms with Gasteiger partial charge in [0.1, 0.15) is 0 Å². The molecule has 5 aliphatic rings. The fraction of sp³-hybridized carbons (Fsp3) is 0.784. The predicted octanol–water partition coefficient (Wildman–Crippen LogP) is 10.1. The predicted molar refractivity (Wildman–Crippen MR) is 181 cm³/mol. The monoisotopic (exact) mass is 608 g/mol. The Balaban J connectivity index is 1.53. The van der Waals surface area contributed by atoms with E-state index in [1.807, 2.05) is 0 Å². The molecule has 9 atom stereocenters. The number of hydrogen-bond acceptors (Lipinski definition) is 3. The third-order valence-electron chi connectivity index (χ3n) is 13.7. The van der Waals surface area contributed by atoms with Crippen molar-refractivity contribution in [2.24, 2.45) is 35.5 Å². The maximum Gasteiger partial charge on any atom is 0.193 e. The van der Waals surface area contributed by atoms with Crippen molar-refractivity contribution >= 4 is 22.7 Å². The minimum Gasteiger partial charge on any atom is -0.414 e. The van der Waals surface area contributed by atoms with Crippen LogP contribution in [0.2, 0.25) is 36.3 Å². The lowest BCUT2D eigenvalue weighted by molar-refractivity contribution is -0.261.